The van der Waals surface area contributed by atoms with Crippen LogP contribution in [0.25, 0.3) is 0 Å². The molecule has 2 saturated heterocycles. The molecule has 1 aromatic carbocycles. The van der Waals surface area contributed by atoms with E-state index in [1.165, 1.54) is 25.1 Å². The summed E-state index contributed by atoms with van der Waals surface area (Å²) in [4.78, 5) is 17.1. The number of amides is 1. The Bertz CT molecular complexity index is 545. The molecule has 0 saturated carbocycles. The van der Waals surface area contributed by atoms with E-state index in [-0.39, 0.29) is 43.1 Å². The number of nitrogens with one attached hydrogen (secondary N) is 2. The van der Waals surface area contributed by atoms with Crippen molar-refractivity contribution in [1.29, 1.82) is 0 Å². The van der Waals surface area contributed by atoms with Crippen LogP contribution in [0.15, 0.2) is 24.3 Å². The first-order valence-corrected chi connectivity index (χ1v) is 9.77. The molecule has 2 N–H and O–H groups in total. The number of hydrogen-bond acceptors (Lipinski definition) is 4. The fourth-order valence-electron chi connectivity index (χ4n) is 3.73. The molecule has 1 amide bonds. The highest BCUT2D eigenvalue weighted by Crippen LogP contribution is 2.16. The zero-order valence-corrected chi connectivity index (χ0v) is 19.1. The van der Waals surface area contributed by atoms with Gasteiger partial charge in [-0.05, 0) is 56.1 Å². The summed E-state index contributed by atoms with van der Waals surface area (Å²) < 4.78 is 0. The lowest BCUT2D eigenvalue weighted by Gasteiger charge is -2.34. The maximum atomic E-state index is 12.1. The van der Waals surface area contributed by atoms with Crippen molar-refractivity contribution in [3.63, 3.8) is 0 Å². The van der Waals surface area contributed by atoms with Gasteiger partial charge < -0.3 is 15.5 Å². The van der Waals surface area contributed by atoms with Gasteiger partial charge in [-0.1, -0.05) is 19.1 Å². The molecule has 1 atom stereocenters. The minimum atomic E-state index is 0. The van der Waals surface area contributed by atoms with Crippen molar-refractivity contribution in [2.45, 2.75) is 32.7 Å². The van der Waals surface area contributed by atoms with Gasteiger partial charge in [0.25, 0.3) is 0 Å². The molecule has 2 heterocycles. The average molecular weight is 454 g/mol. The molecule has 0 bridgehead atoms. The number of rotatable bonds is 7. The molecular formula is C20H35Cl3N4O. The first kappa shape index (κ1) is 27.4. The zero-order chi connectivity index (χ0) is 17.5. The number of nitrogens with zero attached hydrogens (tertiary/aromatic N) is 2. The number of anilines is 1. The highest BCUT2D eigenvalue weighted by molar-refractivity contribution is 5.90. The van der Waals surface area contributed by atoms with E-state index < -0.39 is 0 Å². The van der Waals surface area contributed by atoms with Crippen molar-refractivity contribution >= 4 is 48.8 Å². The van der Waals surface area contributed by atoms with E-state index in [0.29, 0.717) is 12.3 Å². The van der Waals surface area contributed by atoms with Gasteiger partial charge in [-0.25, -0.2) is 0 Å². The number of carbonyl (C=O) groups excluding carboxylic acids is 1. The highest BCUT2D eigenvalue weighted by Gasteiger charge is 2.16. The van der Waals surface area contributed by atoms with E-state index in [1.54, 1.807) is 0 Å². The van der Waals surface area contributed by atoms with Crippen LogP contribution in [0.4, 0.5) is 5.69 Å². The summed E-state index contributed by atoms with van der Waals surface area (Å²) in [6.45, 7) is 11.2. The van der Waals surface area contributed by atoms with Crippen LogP contribution < -0.4 is 10.6 Å². The van der Waals surface area contributed by atoms with Gasteiger partial charge in [0.15, 0.2) is 0 Å². The van der Waals surface area contributed by atoms with Crippen molar-refractivity contribution in [3.05, 3.63) is 29.8 Å². The third kappa shape index (κ3) is 8.85. The molecular weight excluding hydrogens is 419 g/mol. The summed E-state index contributed by atoms with van der Waals surface area (Å²) >= 11 is 0. The summed E-state index contributed by atoms with van der Waals surface area (Å²) in [6.07, 6.45) is 2.81. The van der Waals surface area contributed by atoms with Gasteiger partial charge in [-0.15, -0.1) is 37.2 Å². The van der Waals surface area contributed by atoms with Gasteiger partial charge in [0.1, 0.15) is 0 Å². The molecule has 0 radical (unpaired) electrons. The molecule has 1 unspecified atom stereocenters. The van der Waals surface area contributed by atoms with Crippen LogP contribution in [0, 0.1) is 5.92 Å². The molecule has 5 nitrogen and oxygen atoms in total. The molecule has 2 fully saturated rings. The lowest BCUT2D eigenvalue weighted by molar-refractivity contribution is -0.116. The lowest BCUT2D eigenvalue weighted by Crippen LogP contribution is -2.45. The monoisotopic (exact) mass is 452 g/mol. The van der Waals surface area contributed by atoms with Gasteiger partial charge in [-0.2, -0.15) is 0 Å². The SMILES string of the molecule is CCN1CCN(Cc2ccc(NC(=O)CCC3CCNC3)cc2)CC1.Cl.Cl.Cl. The number of hydrogen-bond donors (Lipinski definition) is 2. The summed E-state index contributed by atoms with van der Waals surface area (Å²) in [5, 5.41) is 6.38. The number of benzene rings is 1. The second-order valence-electron chi connectivity index (χ2n) is 7.35. The lowest BCUT2D eigenvalue weighted by atomic mass is 10.0. The normalized spacial score (nSPS) is 19.8. The topological polar surface area (TPSA) is 47.6 Å². The van der Waals surface area contributed by atoms with Crippen molar-refractivity contribution in [2.75, 3.05) is 51.1 Å². The number of carbonyl (C=O) groups is 1. The first-order valence-electron chi connectivity index (χ1n) is 9.77. The Morgan fingerprint density at radius 1 is 1.07 bits per heavy atom. The van der Waals surface area contributed by atoms with Crippen LogP contribution >= 0.6 is 37.2 Å². The van der Waals surface area contributed by atoms with Crippen LogP contribution in [0.1, 0.15) is 31.7 Å². The molecule has 0 spiro atoms. The quantitative estimate of drug-likeness (QED) is 0.664. The molecule has 2 aliphatic rings. The molecule has 0 aliphatic carbocycles. The minimum absolute atomic E-state index is 0. The van der Waals surface area contributed by atoms with E-state index in [9.17, 15) is 4.79 Å². The maximum absolute atomic E-state index is 12.1. The van der Waals surface area contributed by atoms with Crippen LogP contribution in [-0.4, -0.2) is 61.5 Å². The van der Waals surface area contributed by atoms with Gasteiger partial charge in [-0.3, -0.25) is 9.69 Å². The van der Waals surface area contributed by atoms with E-state index in [4.69, 9.17) is 0 Å². The average Bonchev–Trinajstić information content (AvgIpc) is 3.16. The Balaban J connectivity index is 0.00000243. The smallest absolute Gasteiger partial charge is 0.224 e. The molecule has 162 valence electrons. The van der Waals surface area contributed by atoms with Crippen LogP contribution in [-0.2, 0) is 11.3 Å². The predicted molar refractivity (Wildman–Crippen MR) is 124 cm³/mol. The fraction of sp³-hybridized carbons (Fsp3) is 0.650. The summed E-state index contributed by atoms with van der Waals surface area (Å²) in [7, 11) is 0. The highest BCUT2D eigenvalue weighted by atomic mass is 35.5. The number of likely N-dealkylation sites (N-methyl/N-ethyl adjacent to an activating group) is 1. The largest absolute Gasteiger partial charge is 0.326 e. The third-order valence-electron chi connectivity index (χ3n) is 5.50. The van der Waals surface area contributed by atoms with Crippen molar-refractivity contribution in [2.24, 2.45) is 5.92 Å². The second kappa shape index (κ2) is 14.4. The predicted octanol–water partition coefficient (Wildman–Crippen LogP) is 3.42. The Kier molecular flexibility index (Phi) is 14.1. The Morgan fingerprint density at radius 3 is 2.29 bits per heavy atom. The zero-order valence-electron chi connectivity index (χ0n) is 16.7. The molecule has 28 heavy (non-hydrogen) atoms. The van der Waals surface area contributed by atoms with E-state index in [2.05, 4.69) is 39.5 Å². The standard InChI is InChI=1S/C20H32N4O.3ClH/c1-2-23-11-13-24(14-12-23)16-18-3-6-19(7-4-18)22-20(25)8-5-17-9-10-21-15-17;;;/h3-4,6-7,17,21H,2,5,8-16H2,1H3,(H,22,25);3*1H. The molecule has 2 aliphatic heterocycles. The summed E-state index contributed by atoms with van der Waals surface area (Å²) in [6, 6.07) is 8.35. The van der Waals surface area contributed by atoms with Gasteiger partial charge in [0.05, 0.1) is 0 Å². The molecule has 8 heteroatoms. The molecule has 0 aromatic heterocycles. The van der Waals surface area contributed by atoms with E-state index >= 15 is 0 Å². The Hall–Kier alpha value is -0.560. The summed E-state index contributed by atoms with van der Waals surface area (Å²) in [5.74, 6) is 0.802. The van der Waals surface area contributed by atoms with Crippen molar-refractivity contribution in [1.82, 2.24) is 15.1 Å². The van der Waals surface area contributed by atoms with E-state index in [1.807, 2.05) is 12.1 Å². The Morgan fingerprint density at radius 2 is 1.71 bits per heavy atom. The van der Waals surface area contributed by atoms with Crippen LogP contribution in [0.2, 0.25) is 0 Å². The Labute approximate surface area is 188 Å². The van der Waals surface area contributed by atoms with E-state index in [0.717, 1.165) is 51.4 Å². The third-order valence-corrected chi connectivity index (χ3v) is 5.50. The maximum Gasteiger partial charge on any atom is 0.224 e. The molecule has 1 aromatic rings. The number of halogens is 3. The first-order chi connectivity index (χ1) is 12.2. The number of piperazine rings is 1. The van der Waals surface area contributed by atoms with Crippen LogP contribution in [0.3, 0.4) is 0 Å². The summed E-state index contributed by atoms with van der Waals surface area (Å²) in [5.41, 5.74) is 2.23. The fourth-order valence-corrected chi connectivity index (χ4v) is 3.73. The second-order valence-corrected chi connectivity index (χ2v) is 7.35. The van der Waals surface area contributed by atoms with Crippen molar-refractivity contribution in [3.8, 4) is 0 Å². The molecule has 3 rings (SSSR count). The minimum Gasteiger partial charge on any atom is -0.326 e. The van der Waals surface area contributed by atoms with Gasteiger partial charge >= 0.3 is 0 Å². The van der Waals surface area contributed by atoms with Gasteiger partial charge in [0.2, 0.25) is 5.91 Å². The van der Waals surface area contributed by atoms with Gasteiger partial charge in [0, 0.05) is 44.8 Å². The van der Waals surface area contributed by atoms with Crippen molar-refractivity contribution < 1.29 is 4.79 Å². The van der Waals surface area contributed by atoms with Crippen LogP contribution in [0.5, 0.6) is 0 Å².